The second kappa shape index (κ2) is 3.81. The maximum absolute atomic E-state index is 11.1. The lowest BCUT2D eigenvalue weighted by molar-refractivity contribution is -0.146. The van der Waals surface area contributed by atoms with Crippen molar-refractivity contribution >= 4 is 11.7 Å². The summed E-state index contributed by atoms with van der Waals surface area (Å²) < 4.78 is 0. The maximum atomic E-state index is 11.1. The molecule has 1 unspecified atom stereocenters. The van der Waals surface area contributed by atoms with Crippen LogP contribution in [0.5, 0.6) is 0 Å². The van der Waals surface area contributed by atoms with Crippen molar-refractivity contribution in [3.63, 3.8) is 0 Å². The minimum Gasteiger partial charge on any atom is -0.481 e. The van der Waals surface area contributed by atoms with Gasteiger partial charge in [-0.3, -0.25) is 4.79 Å². The molecule has 1 aromatic rings. The van der Waals surface area contributed by atoms with E-state index in [9.17, 15) is 4.79 Å². The first-order chi connectivity index (χ1) is 7.51. The van der Waals surface area contributed by atoms with Gasteiger partial charge in [-0.2, -0.15) is 0 Å². The lowest BCUT2D eigenvalue weighted by atomic mass is 9.90. The smallest absolute Gasteiger partial charge is 0.311 e. The molecular formula is C13H17NO2. The first-order valence-corrected chi connectivity index (χ1v) is 5.56. The molecule has 0 radical (unpaired) electrons. The minimum atomic E-state index is -0.692. The van der Waals surface area contributed by atoms with E-state index < -0.39 is 11.4 Å². The monoisotopic (exact) mass is 219 g/mol. The Labute approximate surface area is 95.7 Å². The zero-order chi connectivity index (χ0) is 11.8. The van der Waals surface area contributed by atoms with Gasteiger partial charge in [0, 0.05) is 18.8 Å². The molecule has 0 aromatic heterocycles. The largest absolute Gasteiger partial charge is 0.481 e. The summed E-state index contributed by atoms with van der Waals surface area (Å²) in [6.45, 7) is 5.30. The van der Waals surface area contributed by atoms with E-state index in [1.165, 1.54) is 5.56 Å². The molecule has 2 rings (SSSR count). The third-order valence-electron chi connectivity index (χ3n) is 3.39. The van der Waals surface area contributed by atoms with Gasteiger partial charge in [-0.25, -0.2) is 0 Å². The molecule has 3 nitrogen and oxygen atoms in total. The third kappa shape index (κ3) is 1.90. The highest BCUT2D eigenvalue weighted by molar-refractivity contribution is 5.76. The molecule has 0 saturated carbocycles. The third-order valence-corrected chi connectivity index (χ3v) is 3.39. The van der Waals surface area contributed by atoms with E-state index in [1.54, 1.807) is 0 Å². The highest BCUT2D eigenvalue weighted by Gasteiger charge is 2.40. The van der Waals surface area contributed by atoms with Crippen LogP contribution in [-0.2, 0) is 4.79 Å². The van der Waals surface area contributed by atoms with Gasteiger partial charge in [0.2, 0.25) is 0 Å². The highest BCUT2D eigenvalue weighted by Crippen LogP contribution is 2.33. The van der Waals surface area contributed by atoms with Crippen molar-refractivity contribution in [2.45, 2.75) is 20.3 Å². The molecule has 1 aliphatic rings. The predicted octanol–water partition coefficient (Wildman–Crippen LogP) is 2.30. The summed E-state index contributed by atoms with van der Waals surface area (Å²) in [4.78, 5) is 13.3. The van der Waals surface area contributed by atoms with E-state index in [0.29, 0.717) is 6.54 Å². The number of hydrogen-bond acceptors (Lipinski definition) is 2. The van der Waals surface area contributed by atoms with Gasteiger partial charge in [0.25, 0.3) is 0 Å². The number of carboxylic acids is 1. The van der Waals surface area contributed by atoms with Gasteiger partial charge >= 0.3 is 5.97 Å². The quantitative estimate of drug-likeness (QED) is 0.829. The standard InChI is InChI=1S/C13H17NO2/c1-10-3-5-11(6-4-10)14-8-7-13(2,9-14)12(15)16/h3-6H,7-9H2,1-2H3,(H,15,16). The second-order valence-electron chi connectivity index (χ2n) is 4.87. The number of carboxylic acid groups (broad SMARTS) is 1. The van der Waals surface area contributed by atoms with Crippen molar-refractivity contribution in [3.05, 3.63) is 29.8 Å². The van der Waals surface area contributed by atoms with Crippen LogP contribution in [0.1, 0.15) is 18.9 Å². The Morgan fingerprint density at radius 2 is 2.00 bits per heavy atom. The summed E-state index contributed by atoms with van der Waals surface area (Å²) in [6, 6.07) is 8.24. The van der Waals surface area contributed by atoms with Crippen LogP contribution in [0.2, 0.25) is 0 Å². The fourth-order valence-corrected chi connectivity index (χ4v) is 2.11. The number of carbonyl (C=O) groups is 1. The predicted molar refractivity (Wildman–Crippen MR) is 63.8 cm³/mol. The van der Waals surface area contributed by atoms with Gasteiger partial charge in [0.1, 0.15) is 0 Å². The molecule has 1 aromatic carbocycles. The van der Waals surface area contributed by atoms with E-state index >= 15 is 0 Å². The fourth-order valence-electron chi connectivity index (χ4n) is 2.11. The van der Waals surface area contributed by atoms with Crippen LogP contribution >= 0.6 is 0 Å². The van der Waals surface area contributed by atoms with Gasteiger partial charge in [-0.15, -0.1) is 0 Å². The molecule has 0 aliphatic carbocycles. The normalized spacial score (nSPS) is 24.8. The molecule has 1 aliphatic heterocycles. The molecule has 1 saturated heterocycles. The number of anilines is 1. The van der Waals surface area contributed by atoms with Gasteiger partial charge in [0.15, 0.2) is 0 Å². The van der Waals surface area contributed by atoms with Gasteiger partial charge in [-0.1, -0.05) is 17.7 Å². The zero-order valence-electron chi connectivity index (χ0n) is 9.73. The topological polar surface area (TPSA) is 40.5 Å². The Bertz CT molecular complexity index is 399. The number of aryl methyl sites for hydroxylation is 1. The number of benzene rings is 1. The fraction of sp³-hybridized carbons (Fsp3) is 0.462. The summed E-state index contributed by atoms with van der Waals surface area (Å²) in [5.41, 5.74) is 1.75. The Morgan fingerprint density at radius 3 is 2.50 bits per heavy atom. The van der Waals surface area contributed by atoms with Gasteiger partial charge in [-0.05, 0) is 32.4 Å². The lowest BCUT2D eigenvalue weighted by Crippen LogP contribution is -2.31. The SMILES string of the molecule is Cc1ccc(N2CCC(C)(C(=O)O)C2)cc1. The summed E-state index contributed by atoms with van der Waals surface area (Å²) in [5.74, 6) is -0.692. The van der Waals surface area contributed by atoms with E-state index in [2.05, 4.69) is 36.1 Å². The van der Waals surface area contributed by atoms with Crippen molar-refractivity contribution < 1.29 is 9.90 Å². The summed E-state index contributed by atoms with van der Waals surface area (Å²) in [7, 11) is 0. The first kappa shape index (κ1) is 11.0. The number of nitrogens with zero attached hydrogens (tertiary/aromatic N) is 1. The van der Waals surface area contributed by atoms with Crippen molar-refractivity contribution in [2.24, 2.45) is 5.41 Å². The summed E-state index contributed by atoms with van der Waals surface area (Å²) in [6.07, 6.45) is 0.718. The van der Waals surface area contributed by atoms with Crippen LogP contribution in [0.4, 0.5) is 5.69 Å². The average molecular weight is 219 g/mol. The van der Waals surface area contributed by atoms with Crippen LogP contribution in [0, 0.1) is 12.3 Å². The Kier molecular flexibility index (Phi) is 2.62. The molecule has 0 amide bonds. The molecular weight excluding hydrogens is 202 g/mol. The van der Waals surface area contributed by atoms with E-state index in [1.807, 2.05) is 6.92 Å². The maximum Gasteiger partial charge on any atom is 0.311 e. The molecule has 1 heterocycles. The zero-order valence-corrected chi connectivity index (χ0v) is 9.73. The van der Waals surface area contributed by atoms with Crippen LogP contribution in [0.3, 0.4) is 0 Å². The van der Waals surface area contributed by atoms with Crippen LogP contribution in [0.15, 0.2) is 24.3 Å². The van der Waals surface area contributed by atoms with Gasteiger partial charge in [0.05, 0.1) is 5.41 Å². The molecule has 0 spiro atoms. The Hall–Kier alpha value is -1.51. The minimum absolute atomic E-state index is 0.592. The molecule has 0 bridgehead atoms. The molecule has 16 heavy (non-hydrogen) atoms. The molecule has 3 heteroatoms. The molecule has 1 fully saturated rings. The summed E-state index contributed by atoms with van der Waals surface area (Å²) in [5, 5.41) is 9.15. The number of hydrogen-bond donors (Lipinski definition) is 1. The Morgan fingerprint density at radius 1 is 1.38 bits per heavy atom. The number of rotatable bonds is 2. The second-order valence-corrected chi connectivity index (χ2v) is 4.87. The molecule has 1 atom stereocenters. The average Bonchev–Trinajstić information content (AvgIpc) is 2.63. The van der Waals surface area contributed by atoms with Crippen LogP contribution in [-0.4, -0.2) is 24.2 Å². The van der Waals surface area contributed by atoms with Crippen LogP contribution in [0.25, 0.3) is 0 Å². The van der Waals surface area contributed by atoms with Crippen LogP contribution < -0.4 is 4.90 Å². The number of aliphatic carboxylic acids is 1. The van der Waals surface area contributed by atoms with Crippen molar-refractivity contribution in [2.75, 3.05) is 18.0 Å². The van der Waals surface area contributed by atoms with Crippen molar-refractivity contribution in [1.29, 1.82) is 0 Å². The van der Waals surface area contributed by atoms with E-state index in [4.69, 9.17) is 5.11 Å². The van der Waals surface area contributed by atoms with Crippen molar-refractivity contribution in [1.82, 2.24) is 0 Å². The lowest BCUT2D eigenvalue weighted by Gasteiger charge is -2.21. The first-order valence-electron chi connectivity index (χ1n) is 5.56. The van der Waals surface area contributed by atoms with E-state index in [0.717, 1.165) is 18.7 Å². The Balaban J connectivity index is 2.15. The van der Waals surface area contributed by atoms with Gasteiger partial charge < -0.3 is 10.0 Å². The summed E-state index contributed by atoms with van der Waals surface area (Å²) >= 11 is 0. The van der Waals surface area contributed by atoms with E-state index in [-0.39, 0.29) is 0 Å². The highest BCUT2D eigenvalue weighted by atomic mass is 16.4. The molecule has 86 valence electrons. The van der Waals surface area contributed by atoms with Crippen molar-refractivity contribution in [3.8, 4) is 0 Å². The molecule has 1 N–H and O–H groups in total.